The fourth-order valence-electron chi connectivity index (χ4n) is 2.07. The predicted octanol–water partition coefficient (Wildman–Crippen LogP) is 3.21. The second-order valence-corrected chi connectivity index (χ2v) is 4.61. The van der Waals surface area contributed by atoms with E-state index < -0.39 is 5.54 Å². The summed E-state index contributed by atoms with van der Waals surface area (Å²) in [6.07, 6.45) is 3.30. The van der Waals surface area contributed by atoms with E-state index in [1.165, 1.54) is 0 Å². The van der Waals surface area contributed by atoms with Crippen LogP contribution in [0.4, 0.5) is 0 Å². The molecule has 1 heterocycles. The number of carbonyl (C=O) groups excluding carboxylic acids is 1. The van der Waals surface area contributed by atoms with Crippen molar-refractivity contribution >= 4 is 28.6 Å². The van der Waals surface area contributed by atoms with Gasteiger partial charge in [0.05, 0.1) is 5.52 Å². The van der Waals surface area contributed by atoms with E-state index in [4.69, 9.17) is 11.6 Å². The molecule has 1 aliphatic carbocycles. The van der Waals surface area contributed by atoms with Crippen molar-refractivity contribution in [2.45, 2.75) is 18.4 Å². The molecule has 1 saturated carbocycles. The lowest BCUT2D eigenvalue weighted by molar-refractivity contribution is 0.556. The Bertz CT molecular complexity index is 643. The summed E-state index contributed by atoms with van der Waals surface area (Å²) in [5.74, 6) is 0. The number of halogens is 1. The summed E-state index contributed by atoms with van der Waals surface area (Å²) in [6, 6.07) is 9.72. The van der Waals surface area contributed by atoms with E-state index in [0.717, 1.165) is 29.3 Å². The van der Waals surface area contributed by atoms with Crippen LogP contribution in [0.25, 0.3) is 10.9 Å². The van der Waals surface area contributed by atoms with E-state index >= 15 is 0 Å². The van der Waals surface area contributed by atoms with Crippen LogP contribution in [0, 0.1) is 0 Å². The molecule has 1 fully saturated rings. The van der Waals surface area contributed by atoms with E-state index in [2.05, 4.69) is 9.98 Å². The number of aromatic nitrogens is 1. The van der Waals surface area contributed by atoms with Crippen molar-refractivity contribution in [2.75, 3.05) is 0 Å². The first-order valence-electron chi connectivity index (χ1n) is 5.40. The third kappa shape index (κ3) is 1.64. The van der Waals surface area contributed by atoms with E-state index in [-0.39, 0.29) is 0 Å². The number of benzene rings is 1. The zero-order valence-corrected chi connectivity index (χ0v) is 9.74. The Hall–Kier alpha value is -1.70. The Kier molecular flexibility index (Phi) is 2.25. The lowest BCUT2D eigenvalue weighted by Gasteiger charge is -2.10. The lowest BCUT2D eigenvalue weighted by atomic mass is 10.1. The van der Waals surface area contributed by atoms with Crippen LogP contribution in [-0.2, 0) is 10.3 Å². The van der Waals surface area contributed by atoms with Crippen molar-refractivity contribution < 1.29 is 4.79 Å². The minimum atomic E-state index is -0.462. The largest absolute Gasteiger partial charge is 0.236 e. The summed E-state index contributed by atoms with van der Waals surface area (Å²) in [7, 11) is 0. The predicted molar refractivity (Wildman–Crippen MR) is 65.8 cm³/mol. The Morgan fingerprint density at radius 1 is 1.35 bits per heavy atom. The number of pyridine rings is 1. The smallest absolute Gasteiger partial charge is 0.235 e. The fraction of sp³-hybridized carbons (Fsp3) is 0.231. The average molecular weight is 245 g/mol. The molecule has 1 aliphatic rings. The fourth-order valence-corrected chi connectivity index (χ4v) is 2.39. The summed E-state index contributed by atoms with van der Waals surface area (Å²) in [5.41, 5.74) is 1.23. The van der Waals surface area contributed by atoms with Crippen LogP contribution in [0.1, 0.15) is 18.4 Å². The molecule has 0 atom stereocenters. The highest BCUT2D eigenvalue weighted by Gasteiger charge is 2.46. The number of rotatable bonds is 2. The molecule has 3 rings (SSSR count). The summed E-state index contributed by atoms with van der Waals surface area (Å²) in [5, 5.41) is 1.44. The van der Waals surface area contributed by atoms with Gasteiger partial charge in [0.25, 0.3) is 0 Å². The maximum absolute atomic E-state index is 10.5. The summed E-state index contributed by atoms with van der Waals surface area (Å²) >= 11 is 6.16. The van der Waals surface area contributed by atoms with Gasteiger partial charge in [-0.3, -0.25) is 0 Å². The molecule has 17 heavy (non-hydrogen) atoms. The van der Waals surface area contributed by atoms with Gasteiger partial charge in [-0.05, 0) is 25.0 Å². The topological polar surface area (TPSA) is 42.3 Å². The molecule has 0 N–H and O–H groups in total. The first kappa shape index (κ1) is 10.5. The molecule has 0 unspecified atom stereocenters. The van der Waals surface area contributed by atoms with Crippen molar-refractivity contribution in [3.8, 4) is 0 Å². The molecule has 1 aromatic carbocycles. The molecule has 1 aromatic heterocycles. The third-order valence-electron chi connectivity index (χ3n) is 3.16. The normalized spacial score (nSPS) is 16.5. The molecule has 0 amide bonds. The van der Waals surface area contributed by atoms with E-state index in [0.29, 0.717) is 5.15 Å². The van der Waals surface area contributed by atoms with Crippen LogP contribution in [0.15, 0.2) is 35.3 Å². The highest BCUT2D eigenvalue weighted by Crippen LogP contribution is 2.51. The first-order valence-corrected chi connectivity index (χ1v) is 5.78. The Morgan fingerprint density at radius 2 is 2.12 bits per heavy atom. The van der Waals surface area contributed by atoms with Gasteiger partial charge >= 0.3 is 0 Å². The van der Waals surface area contributed by atoms with Gasteiger partial charge in [0.1, 0.15) is 10.7 Å². The highest BCUT2D eigenvalue weighted by atomic mass is 35.5. The number of para-hydroxylation sites is 1. The van der Waals surface area contributed by atoms with Crippen molar-refractivity contribution in [3.05, 3.63) is 41.0 Å². The maximum atomic E-state index is 10.5. The van der Waals surface area contributed by atoms with Crippen LogP contribution in [-0.4, -0.2) is 11.1 Å². The van der Waals surface area contributed by atoms with Gasteiger partial charge in [-0.1, -0.05) is 29.8 Å². The number of fused-ring (bicyclic) bond motifs is 1. The van der Waals surface area contributed by atoms with Crippen molar-refractivity contribution in [2.24, 2.45) is 4.99 Å². The minimum absolute atomic E-state index is 0.431. The monoisotopic (exact) mass is 244 g/mol. The van der Waals surface area contributed by atoms with Crippen LogP contribution in [0.2, 0.25) is 5.15 Å². The third-order valence-corrected chi connectivity index (χ3v) is 3.45. The van der Waals surface area contributed by atoms with Gasteiger partial charge in [-0.2, -0.15) is 4.99 Å². The SMILES string of the molecule is O=C=NC1(c2cc3ccccc3nc2Cl)CC1. The summed E-state index contributed by atoms with van der Waals surface area (Å²) in [4.78, 5) is 18.7. The van der Waals surface area contributed by atoms with Gasteiger partial charge in [-0.25, -0.2) is 9.78 Å². The van der Waals surface area contributed by atoms with E-state index in [1.54, 1.807) is 6.08 Å². The molecule has 4 heteroatoms. The van der Waals surface area contributed by atoms with Crippen LogP contribution < -0.4 is 0 Å². The van der Waals surface area contributed by atoms with Gasteiger partial charge in [0.15, 0.2) is 0 Å². The molecule has 3 nitrogen and oxygen atoms in total. The highest BCUT2D eigenvalue weighted by molar-refractivity contribution is 6.30. The van der Waals surface area contributed by atoms with Crippen LogP contribution >= 0.6 is 11.6 Å². The molecule has 0 saturated heterocycles. The number of hydrogen-bond donors (Lipinski definition) is 0. The van der Waals surface area contributed by atoms with Crippen molar-refractivity contribution in [1.29, 1.82) is 0 Å². The quantitative estimate of drug-likeness (QED) is 0.462. The lowest BCUT2D eigenvalue weighted by Crippen LogP contribution is -2.04. The minimum Gasteiger partial charge on any atom is -0.236 e. The molecule has 0 spiro atoms. The standard InChI is InChI=1S/C13H9ClN2O/c14-12-10(13(5-6-13)15-8-17)7-9-3-1-2-4-11(9)16-12/h1-4,7H,5-6H2. The first-order chi connectivity index (χ1) is 8.25. The van der Waals surface area contributed by atoms with Gasteiger partial charge in [0.2, 0.25) is 6.08 Å². The van der Waals surface area contributed by atoms with Gasteiger partial charge < -0.3 is 0 Å². The summed E-state index contributed by atoms with van der Waals surface area (Å²) < 4.78 is 0. The zero-order valence-electron chi connectivity index (χ0n) is 8.98. The van der Waals surface area contributed by atoms with Crippen LogP contribution in [0.5, 0.6) is 0 Å². The van der Waals surface area contributed by atoms with Gasteiger partial charge in [-0.15, -0.1) is 0 Å². The second kappa shape index (κ2) is 3.66. The van der Waals surface area contributed by atoms with Gasteiger partial charge in [0, 0.05) is 10.9 Å². The molecule has 2 aromatic rings. The number of hydrogen-bond acceptors (Lipinski definition) is 3. The Morgan fingerprint density at radius 3 is 2.82 bits per heavy atom. The number of nitrogens with zero attached hydrogens (tertiary/aromatic N) is 2. The Labute approximate surface area is 103 Å². The Balaban J connectivity index is 2.23. The second-order valence-electron chi connectivity index (χ2n) is 4.25. The van der Waals surface area contributed by atoms with Crippen molar-refractivity contribution in [1.82, 2.24) is 4.98 Å². The van der Waals surface area contributed by atoms with E-state index in [1.807, 2.05) is 30.3 Å². The van der Waals surface area contributed by atoms with E-state index in [9.17, 15) is 4.79 Å². The maximum Gasteiger partial charge on any atom is 0.235 e. The summed E-state index contributed by atoms with van der Waals surface area (Å²) in [6.45, 7) is 0. The molecule has 0 radical (unpaired) electrons. The van der Waals surface area contributed by atoms with Crippen molar-refractivity contribution in [3.63, 3.8) is 0 Å². The molecule has 84 valence electrons. The number of isocyanates is 1. The molecular weight excluding hydrogens is 236 g/mol. The number of aliphatic imine (C=N–C) groups is 1. The van der Waals surface area contributed by atoms with Crippen LogP contribution in [0.3, 0.4) is 0 Å². The zero-order chi connectivity index (χ0) is 11.9. The molecule has 0 bridgehead atoms. The molecule has 0 aliphatic heterocycles. The molecular formula is C13H9ClN2O. The average Bonchev–Trinajstić information content (AvgIpc) is 3.09.